The van der Waals surface area contributed by atoms with Crippen molar-refractivity contribution in [2.24, 2.45) is 0 Å². The van der Waals surface area contributed by atoms with Gasteiger partial charge in [0.1, 0.15) is 5.75 Å². The number of benzene rings is 2. The SMILES string of the molecule is O=C(COc1cccc(C(F)(F)F)c1)NCC1NCCc2ccccc21. The summed E-state index contributed by atoms with van der Waals surface area (Å²) >= 11 is 0. The van der Waals surface area contributed by atoms with Crippen LogP contribution in [0.15, 0.2) is 48.5 Å². The van der Waals surface area contributed by atoms with Gasteiger partial charge < -0.3 is 15.4 Å². The smallest absolute Gasteiger partial charge is 0.416 e. The lowest BCUT2D eigenvalue weighted by atomic mass is 9.94. The molecule has 4 nitrogen and oxygen atoms in total. The van der Waals surface area contributed by atoms with Gasteiger partial charge in [-0.05, 0) is 42.3 Å². The first-order chi connectivity index (χ1) is 12.4. The van der Waals surface area contributed by atoms with E-state index in [0.29, 0.717) is 6.54 Å². The molecule has 0 spiro atoms. The van der Waals surface area contributed by atoms with Crippen LogP contribution < -0.4 is 15.4 Å². The van der Waals surface area contributed by atoms with Crippen LogP contribution in [-0.2, 0) is 17.4 Å². The van der Waals surface area contributed by atoms with Crippen molar-refractivity contribution < 1.29 is 22.7 Å². The fourth-order valence-electron chi connectivity index (χ4n) is 2.95. The highest BCUT2D eigenvalue weighted by atomic mass is 19.4. The van der Waals surface area contributed by atoms with Crippen molar-refractivity contribution in [3.8, 4) is 5.75 Å². The maximum absolute atomic E-state index is 12.7. The third kappa shape index (κ3) is 4.54. The van der Waals surface area contributed by atoms with E-state index in [0.717, 1.165) is 30.7 Å². The predicted octanol–water partition coefficient (Wildman–Crippen LogP) is 3.09. The molecule has 3 rings (SSSR count). The average Bonchev–Trinajstić information content (AvgIpc) is 2.64. The lowest BCUT2D eigenvalue weighted by Gasteiger charge is -2.27. The Labute approximate surface area is 149 Å². The van der Waals surface area contributed by atoms with Crippen LogP contribution in [0.1, 0.15) is 22.7 Å². The molecular formula is C19H19F3N2O2. The molecule has 2 aromatic carbocycles. The molecule has 2 N–H and O–H groups in total. The van der Waals surface area contributed by atoms with Crippen LogP contribution in [0.2, 0.25) is 0 Å². The van der Waals surface area contributed by atoms with E-state index in [1.54, 1.807) is 0 Å². The maximum atomic E-state index is 12.7. The number of rotatable bonds is 5. The Morgan fingerprint density at radius 3 is 2.81 bits per heavy atom. The van der Waals surface area contributed by atoms with Crippen LogP contribution in [-0.4, -0.2) is 25.6 Å². The molecule has 26 heavy (non-hydrogen) atoms. The molecule has 0 fully saturated rings. The third-order valence-electron chi connectivity index (χ3n) is 4.25. The molecule has 1 amide bonds. The van der Waals surface area contributed by atoms with E-state index in [1.807, 2.05) is 18.2 Å². The highest BCUT2D eigenvalue weighted by Gasteiger charge is 2.30. The number of carbonyl (C=O) groups excluding carboxylic acids is 1. The van der Waals surface area contributed by atoms with E-state index in [9.17, 15) is 18.0 Å². The molecule has 0 radical (unpaired) electrons. The van der Waals surface area contributed by atoms with Gasteiger partial charge in [-0.3, -0.25) is 4.79 Å². The van der Waals surface area contributed by atoms with Crippen molar-refractivity contribution in [3.63, 3.8) is 0 Å². The van der Waals surface area contributed by atoms with E-state index < -0.39 is 11.7 Å². The van der Waals surface area contributed by atoms with Gasteiger partial charge in [0.15, 0.2) is 6.61 Å². The number of hydrogen-bond acceptors (Lipinski definition) is 3. The maximum Gasteiger partial charge on any atom is 0.416 e. The summed E-state index contributed by atoms with van der Waals surface area (Å²) in [6, 6.07) is 12.5. The fourth-order valence-corrected chi connectivity index (χ4v) is 2.95. The number of nitrogens with one attached hydrogen (secondary N) is 2. The topological polar surface area (TPSA) is 50.4 Å². The van der Waals surface area contributed by atoms with Gasteiger partial charge in [0.2, 0.25) is 0 Å². The Kier molecular flexibility index (Phi) is 5.46. The third-order valence-corrected chi connectivity index (χ3v) is 4.25. The highest BCUT2D eigenvalue weighted by molar-refractivity contribution is 5.77. The Balaban J connectivity index is 1.51. The van der Waals surface area contributed by atoms with E-state index in [2.05, 4.69) is 16.7 Å². The van der Waals surface area contributed by atoms with Gasteiger partial charge in [0, 0.05) is 12.6 Å². The van der Waals surface area contributed by atoms with Crippen molar-refractivity contribution >= 4 is 5.91 Å². The minimum Gasteiger partial charge on any atom is -0.484 e. The quantitative estimate of drug-likeness (QED) is 0.857. The number of ether oxygens (including phenoxy) is 1. The molecule has 0 saturated carbocycles. The fraction of sp³-hybridized carbons (Fsp3) is 0.316. The summed E-state index contributed by atoms with van der Waals surface area (Å²) in [5.41, 5.74) is 1.60. The molecule has 0 aromatic heterocycles. The molecule has 0 aliphatic carbocycles. The summed E-state index contributed by atoms with van der Waals surface area (Å²) < 4.78 is 43.2. The number of hydrogen-bond donors (Lipinski definition) is 2. The predicted molar refractivity (Wildman–Crippen MR) is 90.8 cm³/mol. The molecule has 7 heteroatoms. The van der Waals surface area contributed by atoms with Gasteiger partial charge in [-0.15, -0.1) is 0 Å². The minimum absolute atomic E-state index is 0.0103. The van der Waals surface area contributed by atoms with Gasteiger partial charge in [-0.2, -0.15) is 13.2 Å². The van der Waals surface area contributed by atoms with Crippen LogP contribution in [0.25, 0.3) is 0 Å². The molecular weight excluding hydrogens is 345 g/mol. The van der Waals surface area contributed by atoms with Gasteiger partial charge in [0.25, 0.3) is 5.91 Å². The molecule has 138 valence electrons. The second-order valence-electron chi connectivity index (χ2n) is 6.07. The van der Waals surface area contributed by atoms with Crippen molar-refractivity contribution in [2.45, 2.75) is 18.6 Å². The molecule has 1 atom stereocenters. The zero-order chi connectivity index (χ0) is 18.6. The standard InChI is InChI=1S/C19H19F3N2O2/c20-19(21,22)14-5-3-6-15(10-14)26-12-18(25)24-11-17-16-7-2-1-4-13(16)8-9-23-17/h1-7,10,17,23H,8-9,11-12H2,(H,24,25). The van der Waals surface area contributed by atoms with Crippen molar-refractivity contribution in [2.75, 3.05) is 19.7 Å². The van der Waals surface area contributed by atoms with Crippen LogP contribution in [0, 0.1) is 0 Å². The molecule has 0 saturated heterocycles. The second kappa shape index (κ2) is 7.78. The average molecular weight is 364 g/mol. The summed E-state index contributed by atoms with van der Waals surface area (Å²) in [5.74, 6) is -0.372. The summed E-state index contributed by atoms with van der Waals surface area (Å²) in [5, 5.41) is 6.11. The Hall–Kier alpha value is -2.54. The van der Waals surface area contributed by atoms with Crippen LogP contribution in [0.4, 0.5) is 13.2 Å². The summed E-state index contributed by atoms with van der Waals surface area (Å²) in [4.78, 5) is 12.0. The van der Waals surface area contributed by atoms with Crippen LogP contribution >= 0.6 is 0 Å². The zero-order valence-corrected chi connectivity index (χ0v) is 14.0. The monoisotopic (exact) mass is 364 g/mol. The number of alkyl halides is 3. The number of carbonyl (C=O) groups is 1. The lowest BCUT2D eigenvalue weighted by Crippen LogP contribution is -2.40. The van der Waals surface area contributed by atoms with Crippen LogP contribution in [0.5, 0.6) is 5.75 Å². The van der Waals surface area contributed by atoms with Crippen molar-refractivity contribution in [3.05, 3.63) is 65.2 Å². The van der Waals surface area contributed by atoms with E-state index in [4.69, 9.17) is 4.74 Å². The zero-order valence-electron chi connectivity index (χ0n) is 14.0. The van der Waals surface area contributed by atoms with E-state index >= 15 is 0 Å². The normalized spacial score (nSPS) is 16.7. The Bertz CT molecular complexity index is 777. The van der Waals surface area contributed by atoms with Crippen molar-refractivity contribution in [1.29, 1.82) is 0 Å². The molecule has 1 aliphatic heterocycles. The number of halogens is 3. The molecule has 0 bridgehead atoms. The van der Waals surface area contributed by atoms with Gasteiger partial charge in [-0.25, -0.2) is 0 Å². The first kappa shape index (κ1) is 18.3. The van der Waals surface area contributed by atoms with Gasteiger partial charge in [0.05, 0.1) is 5.56 Å². The molecule has 2 aromatic rings. The minimum atomic E-state index is -4.44. The second-order valence-corrected chi connectivity index (χ2v) is 6.07. The van der Waals surface area contributed by atoms with Gasteiger partial charge >= 0.3 is 6.18 Å². The van der Waals surface area contributed by atoms with Crippen LogP contribution in [0.3, 0.4) is 0 Å². The summed E-state index contributed by atoms with van der Waals surface area (Å²) in [6.07, 6.45) is -3.50. The van der Waals surface area contributed by atoms with E-state index in [-0.39, 0.29) is 24.3 Å². The first-order valence-electron chi connectivity index (χ1n) is 8.31. The summed E-state index contributed by atoms with van der Waals surface area (Å²) in [6.45, 7) is 0.885. The Morgan fingerprint density at radius 2 is 2.00 bits per heavy atom. The van der Waals surface area contributed by atoms with Gasteiger partial charge in [-0.1, -0.05) is 30.3 Å². The molecule has 1 unspecified atom stereocenters. The largest absolute Gasteiger partial charge is 0.484 e. The number of amides is 1. The lowest BCUT2D eigenvalue weighted by molar-refractivity contribution is -0.137. The first-order valence-corrected chi connectivity index (χ1v) is 8.31. The molecule has 1 heterocycles. The highest BCUT2D eigenvalue weighted by Crippen LogP contribution is 2.31. The summed E-state index contributed by atoms with van der Waals surface area (Å²) in [7, 11) is 0. The number of fused-ring (bicyclic) bond motifs is 1. The van der Waals surface area contributed by atoms with Crippen molar-refractivity contribution in [1.82, 2.24) is 10.6 Å². The Morgan fingerprint density at radius 1 is 1.19 bits per heavy atom. The molecule has 1 aliphatic rings. The van der Waals surface area contributed by atoms with E-state index in [1.165, 1.54) is 17.7 Å².